The van der Waals surface area contributed by atoms with E-state index in [-0.39, 0.29) is 0 Å². The molecule has 0 aromatic rings. The van der Waals surface area contributed by atoms with Gasteiger partial charge < -0.3 is 4.90 Å². The van der Waals surface area contributed by atoms with Crippen LogP contribution in [0.1, 0.15) is 26.2 Å². The fourth-order valence-electron chi connectivity index (χ4n) is 1.98. The minimum atomic E-state index is -3.46. The van der Waals surface area contributed by atoms with Crippen molar-refractivity contribution in [1.82, 2.24) is 9.62 Å². The first-order valence-electron chi connectivity index (χ1n) is 6.06. The number of sulfonamides is 1. The molecule has 0 aromatic heterocycles. The lowest BCUT2D eigenvalue weighted by atomic mass is 9.98. The molecule has 1 heterocycles. The van der Waals surface area contributed by atoms with E-state index in [0.29, 0.717) is 18.9 Å². The number of hydrogen-bond acceptors (Lipinski definition) is 4. The van der Waals surface area contributed by atoms with Gasteiger partial charge in [-0.3, -0.25) is 0 Å². The number of rotatable bonds is 5. The van der Waals surface area contributed by atoms with Gasteiger partial charge in [-0.1, -0.05) is 6.92 Å². The van der Waals surface area contributed by atoms with E-state index in [2.05, 4.69) is 16.7 Å². The lowest BCUT2D eigenvalue weighted by Crippen LogP contribution is -2.39. The molecule has 17 heavy (non-hydrogen) atoms. The molecule has 1 saturated heterocycles. The molecular weight excluding hydrogens is 238 g/mol. The summed E-state index contributed by atoms with van der Waals surface area (Å²) in [7, 11) is -1.39. The van der Waals surface area contributed by atoms with E-state index < -0.39 is 15.3 Å². The molecule has 0 aromatic carbocycles. The molecule has 5 nitrogen and oxygen atoms in total. The van der Waals surface area contributed by atoms with Crippen LogP contribution < -0.4 is 4.72 Å². The van der Waals surface area contributed by atoms with Gasteiger partial charge in [-0.25, -0.2) is 13.1 Å². The summed E-state index contributed by atoms with van der Waals surface area (Å²) >= 11 is 0. The smallest absolute Gasteiger partial charge is 0.227 e. The predicted molar refractivity (Wildman–Crippen MR) is 66.8 cm³/mol. The standard InChI is InChI=1S/C11H21N3O2S/c1-3-11(8-12)17(15,16)13-9-10-4-6-14(2)7-5-10/h10-11,13H,3-7,9H2,1-2H3. The highest BCUT2D eigenvalue weighted by molar-refractivity contribution is 7.90. The molecule has 1 fully saturated rings. The zero-order valence-electron chi connectivity index (χ0n) is 10.5. The molecule has 0 amide bonds. The van der Waals surface area contributed by atoms with Crippen molar-refractivity contribution in [2.75, 3.05) is 26.7 Å². The molecule has 1 rings (SSSR count). The van der Waals surface area contributed by atoms with Crippen LogP contribution in [-0.4, -0.2) is 45.2 Å². The maximum Gasteiger partial charge on any atom is 0.227 e. The van der Waals surface area contributed by atoms with Crippen molar-refractivity contribution >= 4 is 10.0 Å². The minimum Gasteiger partial charge on any atom is -0.306 e. The molecule has 1 aliphatic heterocycles. The molecule has 1 N–H and O–H groups in total. The summed E-state index contributed by atoms with van der Waals surface area (Å²) in [4.78, 5) is 2.25. The lowest BCUT2D eigenvalue weighted by molar-refractivity contribution is 0.220. The van der Waals surface area contributed by atoms with E-state index in [1.165, 1.54) is 0 Å². The van der Waals surface area contributed by atoms with Crippen molar-refractivity contribution in [3.05, 3.63) is 0 Å². The van der Waals surface area contributed by atoms with Crippen molar-refractivity contribution < 1.29 is 8.42 Å². The summed E-state index contributed by atoms with van der Waals surface area (Å²) < 4.78 is 26.1. The summed E-state index contributed by atoms with van der Waals surface area (Å²) in [6.07, 6.45) is 2.37. The fourth-order valence-corrected chi connectivity index (χ4v) is 3.23. The Morgan fingerprint density at radius 2 is 2.06 bits per heavy atom. The predicted octanol–water partition coefficient (Wildman–Crippen LogP) is 0.550. The summed E-state index contributed by atoms with van der Waals surface area (Å²) in [5, 5.41) is 7.84. The quantitative estimate of drug-likeness (QED) is 0.782. The number of nitrogens with one attached hydrogen (secondary N) is 1. The van der Waals surface area contributed by atoms with Gasteiger partial charge in [-0.15, -0.1) is 0 Å². The average Bonchev–Trinajstić information content (AvgIpc) is 2.29. The Bertz CT molecular complexity index is 367. The van der Waals surface area contributed by atoms with Crippen LogP contribution in [0.15, 0.2) is 0 Å². The van der Waals surface area contributed by atoms with Gasteiger partial charge in [-0.05, 0) is 45.3 Å². The van der Waals surface area contributed by atoms with Crippen LogP contribution in [0.2, 0.25) is 0 Å². The van der Waals surface area contributed by atoms with Crippen LogP contribution in [-0.2, 0) is 10.0 Å². The number of piperidine rings is 1. The molecule has 0 saturated carbocycles. The molecule has 1 unspecified atom stereocenters. The van der Waals surface area contributed by atoms with E-state index in [1.807, 2.05) is 6.07 Å². The topological polar surface area (TPSA) is 73.2 Å². The number of likely N-dealkylation sites (tertiary alicyclic amines) is 1. The first-order valence-corrected chi connectivity index (χ1v) is 7.61. The third-order valence-electron chi connectivity index (χ3n) is 3.30. The Balaban J connectivity index is 2.43. The SMILES string of the molecule is CCC(C#N)S(=O)(=O)NCC1CCN(C)CC1. The van der Waals surface area contributed by atoms with Gasteiger partial charge >= 0.3 is 0 Å². The summed E-state index contributed by atoms with van der Waals surface area (Å²) in [6.45, 7) is 4.21. The maximum absolute atomic E-state index is 11.8. The van der Waals surface area contributed by atoms with E-state index >= 15 is 0 Å². The van der Waals surface area contributed by atoms with Crippen LogP contribution >= 0.6 is 0 Å². The monoisotopic (exact) mass is 259 g/mol. The zero-order chi connectivity index (χ0) is 12.9. The van der Waals surface area contributed by atoms with Crippen molar-refractivity contribution in [1.29, 1.82) is 5.26 Å². The summed E-state index contributed by atoms with van der Waals surface area (Å²) in [6, 6.07) is 1.83. The highest BCUT2D eigenvalue weighted by Gasteiger charge is 2.25. The lowest BCUT2D eigenvalue weighted by Gasteiger charge is -2.29. The van der Waals surface area contributed by atoms with Crippen molar-refractivity contribution in [3.8, 4) is 6.07 Å². The number of nitriles is 1. The Morgan fingerprint density at radius 1 is 1.47 bits per heavy atom. The van der Waals surface area contributed by atoms with Gasteiger partial charge in [0.25, 0.3) is 0 Å². The Kier molecular flexibility index (Phi) is 5.37. The van der Waals surface area contributed by atoms with Gasteiger partial charge in [0.1, 0.15) is 0 Å². The first-order chi connectivity index (χ1) is 7.99. The van der Waals surface area contributed by atoms with Crippen molar-refractivity contribution in [2.24, 2.45) is 5.92 Å². The van der Waals surface area contributed by atoms with Crippen LogP contribution in [0.25, 0.3) is 0 Å². The Morgan fingerprint density at radius 3 is 2.53 bits per heavy atom. The van der Waals surface area contributed by atoms with Gasteiger partial charge in [0.05, 0.1) is 6.07 Å². The van der Waals surface area contributed by atoms with Gasteiger partial charge in [0.2, 0.25) is 10.0 Å². The second-order valence-electron chi connectivity index (χ2n) is 4.67. The zero-order valence-corrected chi connectivity index (χ0v) is 11.3. The molecule has 0 radical (unpaired) electrons. The van der Waals surface area contributed by atoms with E-state index in [1.54, 1.807) is 6.92 Å². The molecule has 0 aliphatic carbocycles. The fraction of sp³-hybridized carbons (Fsp3) is 0.909. The first kappa shape index (κ1) is 14.4. The molecule has 0 spiro atoms. The van der Waals surface area contributed by atoms with E-state index in [4.69, 9.17) is 5.26 Å². The Labute approximate surface area is 104 Å². The van der Waals surface area contributed by atoms with Crippen LogP contribution in [0.4, 0.5) is 0 Å². The largest absolute Gasteiger partial charge is 0.306 e. The molecule has 1 atom stereocenters. The van der Waals surface area contributed by atoms with Gasteiger partial charge in [0, 0.05) is 6.54 Å². The summed E-state index contributed by atoms with van der Waals surface area (Å²) in [5.74, 6) is 0.400. The van der Waals surface area contributed by atoms with E-state index in [9.17, 15) is 8.42 Å². The molecule has 6 heteroatoms. The minimum absolute atomic E-state index is 0.333. The highest BCUT2D eigenvalue weighted by atomic mass is 32.2. The second kappa shape index (κ2) is 6.34. The third kappa shape index (κ3) is 4.26. The highest BCUT2D eigenvalue weighted by Crippen LogP contribution is 2.15. The summed E-state index contributed by atoms with van der Waals surface area (Å²) in [5.41, 5.74) is 0. The van der Waals surface area contributed by atoms with Crippen molar-refractivity contribution in [3.63, 3.8) is 0 Å². The molecule has 1 aliphatic rings. The van der Waals surface area contributed by atoms with Gasteiger partial charge in [0.15, 0.2) is 5.25 Å². The molecule has 0 bridgehead atoms. The average molecular weight is 259 g/mol. The van der Waals surface area contributed by atoms with Crippen LogP contribution in [0, 0.1) is 17.2 Å². The number of nitrogens with zero attached hydrogens (tertiary/aromatic N) is 2. The van der Waals surface area contributed by atoms with Crippen LogP contribution in [0.3, 0.4) is 0 Å². The van der Waals surface area contributed by atoms with Crippen LogP contribution in [0.5, 0.6) is 0 Å². The molecule has 98 valence electrons. The molecular formula is C11H21N3O2S. The van der Waals surface area contributed by atoms with E-state index in [0.717, 1.165) is 25.9 Å². The van der Waals surface area contributed by atoms with Gasteiger partial charge in [-0.2, -0.15) is 5.26 Å². The normalized spacial score (nSPS) is 21.0. The van der Waals surface area contributed by atoms with Crippen molar-refractivity contribution in [2.45, 2.75) is 31.4 Å². The number of hydrogen-bond donors (Lipinski definition) is 1. The maximum atomic E-state index is 11.8. The second-order valence-corrected chi connectivity index (χ2v) is 6.61. The third-order valence-corrected chi connectivity index (χ3v) is 5.06. The Hall–Kier alpha value is -0.640.